The molecular formula is C25H31ClN2O2. The molecule has 0 aliphatic carbocycles. The molecule has 1 amide bonds. The van der Waals surface area contributed by atoms with Crippen LogP contribution in [-0.2, 0) is 11.3 Å². The first-order chi connectivity index (χ1) is 14.5. The van der Waals surface area contributed by atoms with E-state index < -0.39 is 0 Å². The molecule has 30 heavy (non-hydrogen) atoms. The Morgan fingerprint density at radius 3 is 2.63 bits per heavy atom. The van der Waals surface area contributed by atoms with Crippen LogP contribution in [0.5, 0.6) is 5.75 Å². The first-order valence-corrected chi connectivity index (χ1v) is 11.0. The van der Waals surface area contributed by atoms with Crippen molar-refractivity contribution in [1.29, 1.82) is 0 Å². The summed E-state index contributed by atoms with van der Waals surface area (Å²) in [6.07, 6.45) is 5.98. The topological polar surface area (TPSA) is 32.8 Å². The molecule has 2 aromatic rings. The van der Waals surface area contributed by atoms with Crippen LogP contribution < -0.4 is 4.74 Å². The number of hydrogen-bond donors (Lipinski definition) is 0. The zero-order valence-electron chi connectivity index (χ0n) is 17.9. The Balaban J connectivity index is 1.67. The molecular weight excluding hydrogens is 396 g/mol. The average Bonchev–Trinajstić information content (AvgIpc) is 2.77. The maximum Gasteiger partial charge on any atom is 0.246 e. The number of halogens is 1. The van der Waals surface area contributed by atoms with Crippen molar-refractivity contribution in [3.05, 3.63) is 70.8 Å². The van der Waals surface area contributed by atoms with Gasteiger partial charge in [0.1, 0.15) is 5.75 Å². The number of amides is 1. The Hall–Kier alpha value is -2.30. The molecule has 5 heteroatoms. The monoisotopic (exact) mass is 426 g/mol. The third kappa shape index (κ3) is 6.89. The van der Waals surface area contributed by atoms with E-state index in [0.29, 0.717) is 18.1 Å². The Morgan fingerprint density at radius 2 is 1.93 bits per heavy atom. The summed E-state index contributed by atoms with van der Waals surface area (Å²) >= 11 is 6.02. The van der Waals surface area contributed by atoms with E-state index in [0.717, 1.165) is 42.4 Å². The molecule has 1 heterocycles. The quantitative estimate of drug-likeness (QED) is 0.549. The second kappa shape index (κ2) is 11.2. The lowest BCUT2D eigenvalue weighted by Crippen LogP contribution is -2.40. The first kappa shape index (κ1) is 22.4. The number of ether oxygens (including phenoxy) is 1. The van der Waals surface area contributed by atoms with Gasteiger partial charge in [-0.2, -0.15) is 0 Å². The summed E-state index contributed by atoms with van der Waals surface area (Å²) in [7, 11) is 1.64. The van der Waals surface area contributed by atoms with E-state index in [4.69, 9.17) is 16.3 Å². The van der Waals surface area contributed by atoms with Crippen molar-refractivity contribution in [1.82, 2.24) is 9.80 Å². The number of piperidine rings is 1. The highest BCUT2D eigenvalue weighted by Gasteiger charge is 2.18. The number of nitrogens with zero attached hydrogens (tertiary/aromatic N) is 2. The minimum Gasteiger partial charge on any atom is -0.497 e. The van der Waals surface area contributed by atoms with Crippen LogP contribution in [0.25, 0.3) is 6.08 Å². The fraction of sp³-hybridized carbons (Fsp3) is 0.400. The lowest BCUT2D eigenvalue weighted by Gasteiger charge is -2.32. The molecule has 160 valence electrons. The van der Waals surface area contributed by atoms with Gasteiger partial charge in [-0.3, -0.25) is 4.79 Å². The molecule has 0 spiro atoms. The van der Waals surface area contributed by atoms with Crippen molar-refractivity contribution in [2.75, 3.05) is 33.3 Å². The number of likely N-dealkylation sites (tertiary alicyclic amines) is 1. The van der Waals surface area contributed by atoms with E-state index in [1.807, 2.05) is 59.5 Å². The number of carbonyl (C=O) groups is 1. The van der Waals surface area contributed by atoms with Crippen molar-refractivity contribution in [3.63, 3.8) is 0 Å². The van der Waals surface area contributed by atoms with Gasteiger partial charge < -0.3 is 14.5 Å². The van der Waals surface area contributed by atoms with Crippen molar-refractivity contribution in [2.24, 2.45) is 5.92 Å². The van der Waals surface area contributed by atoms with E-state index in [2.05, 4.69) is 11.8 Å². The second-order valence-corrected chi connectivity index (χ2v) is 8.46. The van der Waals surface area contributed by atoms with Crippen LogP contribution in [-0.4, -0.2) is 49.0 Å². The molecule has 1 aliphatic rings. The predicted molar refractivity (Wildman–Crippen MR) is 124 cm³/mol. The van der Waals surface area contributed by atoms with Crippen LogP contribution >= 0.6 is 11.6 Å². The number of benzene rings is 2. The molecule has 0 bridgehead atoms. The summed E-state index contributed by atoms with van der Waals surface area (Å²) in [5.74, 6) is 1.60. The molecule has 0 N–H and O–H groups in total. The molecule has 4 nitrogen and oxygen atoms in total. The summed E-state index contributed by atoms with van der Waals surface area (Å²) in [6.45, 7) is 6.73. The van der Waals surface area contributed by atoms with Gasteiger partial charge in [-0.25, -0.2) is 0 Å². The summed E-state index contributed by atoms with van der Waals surface area (Å²) in [5, 5.41) is 0.706. The second-order valence-electron chi connectivity index (χ2n) is 8.02. The first-order valence-electron chi connectivity index (χ1n) is 10.6. The summed E-state index contributed by atoms with van der Waals surface area (Å²) in [5.41, 5.74) is 2.02. The van der Waals surface area contributed by atoms with Gasteiger partial charge in [-0.15, -0.1) is 0 Å². The molecule has 1 saturated heterocycles. The van der Waals surface area contributed by atoms with Crippen molar-refractivity contribution < 1.29 is 9.53 Å². The van der Waals surface area contributed by atoms with Crippen LogP contribution in [0, 0.1) is 5.92 Å². The van der Waals surface area contributed by atoms with Gasteiger partial charge in [0.2, 0.25) is 5.91 Å². The van der Waals surface area contributed by atoms with Gasteiger partial charge in [0.15, 0.2) is 0 Å². The molecule has 1 fully saturated rings. The number of methoxy groups -OCH3 is 1. The lowest BCUT2D eigenvalue weighted by molar-refractivity contribution is -0.126. The van der Waals surface area contributed by atoms with Crippen LogP contribution in [0.4, 0.5) is 0 Å². The van der Waals surface area contributed by atoms with E-state index in [1.54, 1.807) is 13.2 Å². The Kier molecular flexibility index (Phi) is 8.35. The van der Waals surface area contributed by atoms with Crippen LogP contribution in [0.15, 0.2) is 54.6 Å². The normalized spacial score (nSPS) is 15.4. The third-order valence-corrected chi connectivity index (χ3v) is 5.92. The van der Waals surface area contributed by atoms with Gasteiger partial charge in [0, 0.05) is 30.7 Å². The van der Waals surface area contributed by atoms with Crippen molar-refractivity contribution in [2.45, 2.75) is 26.3 Å². The molecule has 0 unspecified atom stereocenters. The minimum absolute atomic E-state index is 0.0122. The molecule has 0 radical (unpaired) electrons. The molecule has 2 aromatic carbocycles. The number of rotatable bonds is 8. The highest BCUT2D eigenvalue weighted by Crippen LogP contribution is 2.17. The van der Waals surface area contributed by atoms with Crippen LogP contribution in [0.3, 0.4) is 0 Å². The van der Waals surface area contributed by atoms with E-state index in [1.165, 1.54) is 12.8 Å². The molecule has 0 aromatic heterocycles. The predicted octanol–water partition coefficient (Wildman–Crippen LogP) is 5.12. The Labute approximate surface area is 185 Å². The van der Waals surface area contributed by atoms with Crippen molar-refractivity contribution >= 4 is 23.6 Å². The molecule has 3 rings (SSSR count). The van der Waals surface area contributed by atoms with E-state index >= 15 is 0 Å². The third-order valence-electron chi connectivity index (χ3n) is 5.67. The Bertz CT molecular complexity index is 842. The van der Waals surface area contributed by atoms with Gasteiger partial charge in [0.05, 0.1) is 7.11 Å². The van der Waals surface area contributed by atoms with Crippen LogP contribution in [0.2, 0.25) is 5.02 Å². The number of carbonyl (C=O) groups excluding carboxylic acids is 1. The fourth-order valence-electron chi connectivity index (χ4n) is 3.64. The van der Waals surface area contributed by atoms with E-state index in [-0.39, 0.29) is 5.91 Å². The molecule has 0 saturated carbocycles. The number of hydrogen-bond acceptors (Lipinski definition) is 3. The maximum absolute atomic E-state index is 13.0. The van der Waals surface area contributed by atoms with Crippen molar-refractivity contribution in [3.8, 4) is 5.75 Å². The zero-order valence-corrected chi connectivity index (χ0v) is 18.6. The Morgan fingerprint density at radius 1 is 1.20 bits per heavy atom. The standard InChI is InChI=1S/C25H31ClN2O2/c1-20-12-14-27(15-13-20)16-17-28(19-22-6-9-23(26)10-7-22)25(29)11-8-21-4-3-5-24(18-21)30-2/h3-11,18,20H,12-17,19H2,1-2H3/b11-8+. The highest BCUT2D eigenvalue weighted by molar-refractivity contribution is 6.30. The van der Waals surface area contributed by atoms with Gasteiger partial charge in [0.25, 0.3) is 0 Å². The highest BCUT2D eigenvalue weighted by atomic mass is 35.5. The summed E-state index contributed by atoms with van der Waals surface area (Å²) in [4.78, 5) is 17.4. The summed E-state index contributed by atoms with van der Waals surface area (Å²) in [6, 6.07) is 15.4. The molecule has 0 atom stereocenters. The lowest BCUT2D eigenvalue weighted by atomic mass is 9.99. The van der Waals surface area contributed by atoms with Gasteiger partial charge in [-0.05, 0) is 73.3 Å². The zero-order chi connectivity index (χ0) is 21.3. The SMILES string of the molecule is COc1cccc(/C=C/C(=O)N(CCN2CCC(C)CC2)Cc2ccc(Cl)cc2)c1. The maximum atomic E-state index is 13.0. The van der Waals surface area contributed by atoms with Crippen LogP contribution in [0.1, 0.15) is 30.9 Å². The average molecular weight is 427 g/mol. The minimum atomic E-state index is 0.0122. The molecule has 1 aliphatic heterocycles. The largest absolute Gasteiger partial charge is 0.497 e. The summed E-state index contributed by atoms with van der Waals surface area (Å²) < 4.78 is 5.27. The fourth-order valence-corrected chi connectivity index (χ4v) is 3.77. The van der Waals surface area contributed by atoms with Gasteiger partial charge in [-0.1, -0.05) is 42.8 Å². The smallest absolute Gasteiger partial charge is 0.246 e. The van der Waals surface area contributed by atoms with E-state index in [9.17, 15) is 4.79 Å². The van der Waals surface area contributed by atoms with Gasteiger partial charge >= 0.3 is 0 Å².